The van der Waals surface area contributed by atoms with Gasteiger partial charge < -0.3 is 69.0 Å². The van der Waals surface area contributed by atoms with E-state index in [0.717, 1.165) is 96.7 Å². The number of para-hydroxylation sites is 2. The Morgan fingerprint density at radius 2 is 0.663 bits per heavy atom. The van der Waals surface area contributed by atoms with Crippen molar-refractivity contribution in [3.63, 3.8) is 0 Å². The van der Waals surface area contributed by atoms with Crippen LogP contribution < -0.4 is 29.6 Å². The molecule has 8 aromatic carbocycles. The summed E-state index contributed by atoms with van der Waals surface area (Å²) in [5, 5.41) is 44.7. The van der Waals surface area contributed by atoms with Gasteiger partial charge in [0.25, 0.3) is 11.6 Å². The van der Waals surface area contributed by atoms with Crippen LogP contribution in [0.15, 0.2) is 170 Å². The normalized spacial score (nSPS) is 17.6. The summed E-state index contributed by atoms with van der Waals surface area (Å²) in [6.45, 7) is 14.6. The van der Waals surface area contributed by atoms with Gasteiger partial charge in [-0.3, -0.25) is 0 Å². The zero-order chi connectivity index (χ0) is 75.2. The number of aryl methyl sites for hydroxylation is 4. The van der Waals surface area contributed by atoms with Crippen molar-refractivity contribution in [2.75, 3.05) is 26.2 Å². The third-order valence-electron chi connectivity index (χ3n) is 17.2. The third-order valence-corrected chi connectivity index (χ3v) is 17.7. The molecular formula is C78H74Cl2F2N2O20. The Hall–Kier alpha value is -10.9. The minimum absolute atomic E-state index is 0.0332. The van der Waals surface area contributed by atoms with Crippen molar-refractivity contribution >= 4 is 71.0 Å². The maximum absolute atomic E-state index is 14.4. The smallest absolute Gasteiger partial charge is 0.349 e. The number of benzene rings is 8. The van der Waals surface area contributed by atoms with Crippen molar-refractivity contribution in [3.8, 4) is 23.0 Å². The highest BCUT2D eigenvalue weighted by atomic mass is 35.5. The first-order valence-electron chi connectivity index (χ1n) is 32.9. The molecule has 0 aromatic heterocycles. The molecule has 22 nitrogen and oxygen atoms in total. The zero-order valence-corrected chi connectivity index (χ0v) is 58.6. The van der Waals surface area contributed by atoms with E-state index >= 15 is 0 Å². The first kappa shape index (κ1) is 77.2. The second-order valence-electron chi connectivity index (χ2n) is 25.1. The van der Waals surface area contributed by atoms with Gasteiger partial charge in [0, 0.05) is 35.0 Å². The number of esters is 4. The van der Waals surface area contributed by atoms with E-state index < -0.39 is 95.4 Å². The lowest BCUT2D eigenvalue weighted by molar-refractivity contribution is -0.166. The number of carbonyl (C=O) groups excluding carboxylic acids is 4. The standard InChI is InChI=1S/2C20H18O8.2C19H19ClFNO2/c2*1-11-3-7-13(8-4-11)19(25)27-15(17(21)22)16(18(23)24)28-20(26)14-9-5-12(2)6-10-14;2*1-19(15-6-5-13(20)11-16(15)21)23-17-4-2-3-14(18(17)24-19)12-7-9-22-10-8-12/h2*3-10,15-16H,1-2H3,(H,21,22)(H,23,24);2*2-6,11-12,22H,7-10H2,1H3/t2*15-,16-;19-;/m110./s1. The topological polar surface area (TPSA) is 315 Å². The average Bonchev–Trinajstić information content (AvgIpc) is 1.61. The molecule has 26 heteroatoms. The van der Waals surface area contributed by atoms with Gasteiger partial charge in [-0.25, -0.2) is 47.1 Å². The third kappa shape index (κ3) is 19.4. The number of hydrogen-bond donors (Lipinski definition) is 6. The van der Waals surface area contributed by atoms with Crippen LogP contribution in [0.3, 0.4) is 0 Å². The summed E-state index contributed by atoms with van der Waals surface area (Å²) < 4.78 is 72.4. The number of nitrogens with one attached hydrogen (secondary N) is 2. The molecule has 2 saturated heterocycles. The lowest BCUT2D eigenvalue weighted by atomic mass is 9.89. The van der Waals surface area contributed by atoms with Crippen LogP contribution in [0.25, 0.3) is 0 Å². The van der Waals surface area contributed by atoms with Crippen molar-refractivity contribution in [1.82, 2.24) is 10.6 Å². The van der Waals surface area contributed by atoms with Crippen LogP contribution in [0.1, 0.15) is 137 Å². The molecule has 4 aliphatic heterocycles. The number of carbonyl (C=O) groups is 8. The quantitative estimate of drug-likeness (QED) is 0.0343. The van der Waals surface area contributed by atoms with Gasteiger partial charge in [-0.15, -0.1) is 0 Å². The van der Waals surface area contributed by atoms with Crippen molar-refractivity contribution in [1.29, 1.82) is 0 Å². The number of ether oxygens (including phenoxy) is 8. The van der Waals surface area contributed by atoms with Gasteiger partial charge in [0.05, 0.1) is 33.4 Å². The number of carboxylic acid groups (broad SMARTS) is 4. The SMILES string of the molecule is CC1(c2ccc(Cl)cc2F)Oc2cccc(C3CCNCC3)c2O1.C[C@]1(c2ccc(Cl)cc2F)Oc2cccc(C3CCNCC3)c2O1.Cc1ccc(C(=O)O[C@@H](C(=O)O)[C@@H](OC(=O)c2ccc(C)cc2)C(=O)O)cc1.Cc1ccc(C(=O)O[C@@H](C(=O)O)[C@@H](OC(=O)c2ccc(C)cc2)C(=O)O)cc1. The summed E-state index contributed by atoms with van der Waals surface area (Å²) >= 11 is 11.7. The molecule has 0 aliphatic carbocycles. The molecule has 0 bridgehead atoms. The molecule has 2 fully saturated rings. The second kappa shape index (κ2) is 34.4. The molecule has 6 atom stereocenters. The number of rotatable bonds is 18. The summed E-state index contributed by atoms with van der Waals surface area (Å²) in [6.07, 6.45) is -4.64. The molecule has 0 radical (unpaired) electrons. The molecule has 104 heavy (non-hydrogen) atoms. The Morgan fingerprint density at radius 1 is 0.404 bits per heavy atom. The fraction of sp³-hybridized carbons (Fsp3) is 0.282. The van der Waals surface area contributed by atoms with Crippen LogP contribution in [-0.2, 0) is 49.7 Å². The Balaban J connectivity index is 0.000000161. The maximum Gasteiger partial charge on any atom is 0.349 e. The van der Waals surface area contributed by atoms with Crippen LogP contribution in [-0.4, -0.2) is 119 Å². The van der Waals surface area contributed by atoms with Gasteiger partial charge in [-0.1, -0.05) is 118 Å². The van der Waals surface area contributed by atoms with Gasteiger partial charge >= 0.3 is 47.8 Å². The average molecular weight is 1470 g/mol. The molecule has 0 amide bonds. The highest BCUT2D eigenvalue weighted by molar-refractivity contribution is 6.30. The Morgan fingerprint density at radius 3 is 0.904 bits per heavy atom. The van der Waals surface area contributed by atoms with Gasteiger partial charge in [-0.05, 0) is 188 Å². The maximum atomic E-state index is 14.4. The van der Waals surface area contributed by atoms with Gasteiger partial charge in [0.1, 0.15) is 11.6 Å². The summed E-state index contributed by atoms with van der Waals surface area (Å²) in [7, 11) is 0. The molecule has 0 spiro atoms. The molecular weight excluding hydrogens is 1390 g/mol. The molecule has 4 heterocycles. The fourth-order valence-electron chi connectivity index (χ4n) is 11.6. The van der Waals surface area contributed by atoms with Crippen molar-refractivity contribution in [2.45, 2.75) is 115 Å². The number of aliphatic carboxylic acids is 4. The molecule has 544 valence electrons. The lowest BCUT2D eigenvalue weighted by Crippen LogP contribution is -2.45. The monoisotopic (exact) mass is 1470 g/mol. The van der Waals surface area contributed by atoms with Crippen LogP contribution in [0.4, 0.5) is 8.78 Å². The number of fused-ring (bicyclic) bond motifs is 2. The van der Waals surface area contributed by atoms with E-state index in [1.807, 2.05) is 24.3 Å². The zero-order valence-electron chi connectivity index (χ0n) is 57.1. The van der Waals surface area contributed by atoms with E-state index in [1.54, 1.807) is 114 Å². The fourth-order valence-corrected chi connectivity index (χ4v) is 11.9. The first-order valence-corrected chi connectivity index (χ1v) is 33.6. The van der Waals surface area contributed by atoms with Crippen LogP contribution in [0, 0.1) is 39.3 Å². The molecule has 8 aromatic rings. The molecule has 0 saturated carbocycles. The Kier molecular flexibility index (Phi) is 25.5. The van der Waals surface area contributed by atoms with Gasteiger partial charge in [-0.2, -0.15) is 0 Å². The van der Waals surface area contributed by atoms with E-state index in [1.165, 1.54) is 60.7 Å². The van der Waals surface area contributed by atoms with E-state index in [0.29, 0.717) is 44.5 Å². The number of piperidine rings is 2. The van der Waals surface area contributed by atoms with Crippen molar-refractivity contribution in [2.24, 2.45) is 0 Å². The van der Waals surface area contributed by atoms with Crippen LogP contribution >= 0.6 is 23.2 Å². The van der Waals surface area contributed by atoms with E-state index in [4.69, 9.17) is 61.1 Å². The lowest BCUT2D eigenvalue weighted by Gasteiger charge is -2.26. The van der Waals surface area contributed by atoms with Gasteiger partial charge in [0.15, 0.2) is 23.0 Å². The molecule has 12 rings (SSSR count). The van der Waals surface area contributed by atoms with Crippen LogP contribution in [0.2, 0.25) is 10.0 Å². The predicted octanol–water partition coefficient (Wildman–Crippen LogP) is 13.6. The van der Waals surface area contributed by atoms with E-state index in [-0.39, 0.29) is 22.3 Å². The summed E-state index contributed by atoms with van der Waals surface area (Å²) in [5.41, 5.74) is 6.57. The second-order valence-corrected chi connectivity index (χ2v) is 25.9. The Labute approximate surface area is 606 Å². The minimum atomic E-state index is -2.22. The summed E-state index contributed by atoms with van der Waals surface area (Å²) in [6, 6.07) is 45.1. The Bertz CT molecular complexity index is 4020. The summed E-state index contributed by atoms with van der Waals surface area (Å²) in [5.74, 6) is -10.8. The van der Waals surface area contributed by atoms with Crippen LogP contribution in [0.5, 0.6) is 23.0 Å². The highest BCUT2D eigenvalue weighted by Gasteiger charge is 2.46. The largest absolute Gasteiger partial charge is 0.478 e. The first-order chi connectivity index (χ1) is 49.5. The van der Waals surface area contributed by atoms with Gasteiger partial charge in [0.2, 0.25) is 24.4 Å². The highest BCUT2D eigenvalue weighted by Crippen LogP contribution is 2.51. The van der Waals surface area contributed by atoms with Crippen molar-refractivity contribution in [3.05, 3.63) is 258 Å². The molecule has 6 N–H and O–H groups in total. The number of carboxylic acids is 4. The minimum Gasteiger partial charge on any atom is -0.478 e. The number of halogens is 4. The van der Waals surface area contributed by atoms with Crippen molar-refractivity contribution < 1.29 is 105 Å². The summed E-state index contributed by atoms with van der Waals surface area (Å²) in [4.78, 5) is 94.7. The van der Waals surface area contributed by atoms with E-state index in [2.05, 4.69) is 22.8 Å². The van der Waals surface area contributed by atoms with E-state index in [9.17, 15) is 67.6 Å². The predicted molar refractivity (Wildman–Crippen MR) is 375 cm³/mol. The number of hydrogen-bond acceptors (Lipinski definition) is 18. The molecule has 1 unspecified atom stereocenters. The molecule has 4 aliphatic rings.